The molecule has 0 aliphatic heterocycles. The Hall–Kier alpha value is -4.11. The van der Waals surface area contributed by atoms with Gasteiger partial charge in [-0.2, -0.15) is 0 Å². The number of amides is 3. The molecule has 4 rings (SSSR count). The van der Waals surface area contributed by atoms with Crippen molar-refractivity contribution in [2.24, 2.45) is 0 Å². The maximum absolute atomic E-state index is 14.1. The average Bonchev–Trinajstić information content (AvgIpc) is 3.01. The Morgan fingerprint density at radius 2 is 1.74 bits per heavy atom. The van der Waals surface area contributed by atoms with Crippen LogP contribution in [0, 0.1) is 0 Å². The van der Waals surface area contributed by atoms with Crippen molar-refractivity contribution in [2.45, 2.75) is 63.5 Å². The molecule has 2 N–H and O–H groups in total. The highest BCUT2D eigenvalue weighted by Crippen LogP contribution is 2.39. The topological polar surface area (TPSA) is 110 Å². The molecule has 0 bridgehead atoms. The zero-order chi connectivity index (χ0) is 29.9. The third kappa shape index (κ3) is 8.22. The highest BCUT2D eigenvalue weighted by atomic mass is 35.5. The standard InChI is InChI=1S/C32H37ClN4O5/c1-41-25-18-19-27(42-2)26(21-25)37(30(39)13-8-12-29(38)36-28-11-6-7-20-34-28)31(22-14-16-23(33)17-15-22)32(40)35-24-9-4-3-5-10-24/h6-7,11,14-21,24,31H,3-5,8-10,12-13H2,1-2H3,(H,35,40)(H,34,36,38)/t31-/m0/s1. The number of carbonyl (C=O) groups excluding carboxylic acids is 3. The van der Waals surface area contributed by atoms with Gasteiger partial charge >= 0.3 is 0 Å². The first-order chi connectivity index (χ1) is 20.4. The molecule has 1 aliphatic rings. The van der Waals surface area contributed by atoms with Crippen LogP contribution in [0.1, 0.15) is 63.0 Å². The first-order valence-corrected chi connectivity index (χ1v) is 14.6. The Bertz CT molecular complexity index is 1350. The molecule has 1 atom stereocenters. The van der Waals surface area contributed by atoms with Crippen molar-refractivity contribution in [3.8, 4) is 11.5 Å². The number of benzene rings is 2. The zero-order valence-electron chi connectivity index (χ0n) is 24.0. The van der Waals surface area contributed by atoms with Gasteiger partial charge in [0.05, 0.1) is 19.9 Å². The molecule has 2 aromatic carbocycles. The highest BCUT2D eigenvalue weighted by Gasteiger charge is 2.35. The average molecular weight is 593 g/mol. The summed E-state index contributed by atoms with van der Waals surface area (Å²) >= 11 is 6.19. The summed E-state index contributed by atoms with van der Waals surface area (Å²) in [5, 5.41) is 6.45. The molecule has 1 fully saturated rings. The molecule has 0 saturated heterocycles. The molecule has 0 spiro atoms. The summed E-state index contributed by atoms with van der Waals surface area (Å²) in [5.41, 5.74) is 0.984. The van der Waals surface area contributed by atoms with Gasteiger partial charge in [0.15, 0.2) is 0 Å². The van der Waals surface area contributed by atoms with Gasteiger partial charge in [0.1, 0.15) is 23.4 Å². The molecular formula is C32H37ClN4O5. The number of carbonyl (C=O) groups is 3. The van der Waals surface area contributed by atoms with Crippen LogP contribution in [0.15, 0.2) is 66.9 Å². The summed E-state index contributed by atoms with van der Waals surface area (Å²) in [5.74, 6) is 0.457. The molecule has 9 nitrogen and oxygen atoms in total. The Labute approximate surface area is 251 Å². The van der Waals surface area contributed by atoms with Gasteiger partial charge in [-0.3, -0.25) is 19.3 Å². The Balaban J connectivity index is 1.66. The van der Waals surface area contributed by atoms with Gasteiger partial charge in [-0.15, -0.1) is 0 Å². The number of ether oxygens (including phenoxy) is 2. The molecule has 1 saturated carbocycles. The quantitative estimate of drug-likeness (QED) is 0.264. The van der Waals surface area contributed by atoms with E-state index in [1.165, 1.54) is 19.1 Å². The van der Waals surface area contributed by atoms with Gasteiger partial charge in [-0.25, -0.2) is 4.98 Å². The van der Waals surface area contributed by atoms with Crippen LogP contribution in [0.3, 0.4) is 0 Å². The van der Waals surface area contributed by atoms with E-state index in [0.29, 0.717) is 33.6 Å². The molecule has 10 heteroatoms. The minimum absolute atomic E-state index is 0.0107. The number of halogens is 1. The van der Waals surface area contributed by atoms with Gasteiger partial charge < -0.3 is 20.1 Å². The van der Waals surface area contributed by atoms with Crippen molar-refractivity contribution >= 4 is 40.8 Å². The van der Waals surface area contributed by atoms with Crippen molar-refractivity contribution in [1.29, 1.82) is 0 Å². The normalized spacial score (nSPS) is 14.0. The second-order valence-corrected chi connectivity index (χ2v) is 10.7. The van der Waals surface area contributed by atoms with Gasteiger partial charge in [-0.1, -0.05) is 49.1 Å². The van der Waals surface area contributed by atoms with E-state index in [2.05, 4.69) is 15.6 Å². The SMILES string of the molecule is COc1ccc(OC)c(N(C(=O)CCCC(=O)Nc2ccccn2)[C@H](C(=O)NC2CCCCC2)c2ccc(Cl)cc2)c1. The van der Waals surface area contributed by atoms with Crippen molar-refractivity contribution < 1.29 is 23.9 Å². The molecule has 1 aromatic heterocycles. The Morgan fingerprint density at radius 3 is 2.40 bits per heavy atom. The summed E-state index contributed by atoms with van der Waals surface area (Å²) in [6.45, 7) is 0. The van der Waals surface area contributed by atoms with E-state index in [-0.39, 0.29) is 43.0 Å². The number of rotatable bonds is 12. The van der Waals surface area contributed by atoms with Gasteiger partial charge in [-0.05, 0) is 61.2 Å². The predicted molar refractivity (Wildman–Crippen MR) is 163 cm³/mol. The maximum atomic E-state index is 14.1. The molecule has 1 heterocycles. The van der Waals surface area contributed by atoms with Gasteiger partial charge in [0.2, 0.25) is 17.7 Å². The van der Waals surface area contributed by atoms with Crippen LogP contribution in [0.25, 0.3) is 0 Å². The van der Waals surface area contributed by atoms with Crippen LogP contribution in [-0.2, 0) is 14.4 Å². The lowest BCUT2D eigenvalue weighted by atomic mass is 9.94. The van der Waals surface area contributed by atoms with Crippen LogP contribution in [0.4, 0.5) is 11.5 Å². The highest BCUT2D eigenvalue weighted by molar-refractivity contribution is 6.30. The predicted octanol–water partition coefficient (Wildman–Crippen LogP) is 6.08. The maximum Gasteiger partial charge on any atom is 0.248 e. The summed E-state index contributed by atoms with van der Waals surface area (Å²) in [7, 11) is 3.04. The minimum atomic E-state index is -1.01. The number of pyridine rings is 1. The first-order valence-electron chi connectivity index (χ1n) is 14.2. The molecule has 0 unspecified atom stereocenters. The molecule has 3 aromatic rings. The molecule has 0 radical (unpaired) electrons. The van der Waals surface area contributed by atoms with Crippen LogP contribution in [0.2, 0.25) is 5.02 Å². The number of nitrogens with zero attached hydrogens (tertiary/aromatic N) is 2. The second-order valence-electron chi connectivity index (χ2n) is 10.2. The number of methoxy groups -OCH3 is 2. The number of hydrogen-bond donors (Lipinski definition) is 2. The lowest BCUT2D eigenvalue weighted by molar-refractivity contribution is -0.127. The van der Waals surface area contributed by atoms with Crippen molar-refractivity contribution in [1.82, 2.24) is 10.3 Å². The lowest BCUT2D eigenvalue weighted by Gasteiger charge is -2.34. The smallest absolute Gasteiger partial charge is 0.248 e. The third-order valence-electron chi connectivity index (χ3n) is 7.28. The lowest BCUT2D eigenvalue weighted by Crippen LogP contribution is -2.47. The first kappa shape index (κ1) is 30.8. The number of nitrogens with one attached hydrogen (secondary N) is 2. The van der Waals surface area contributed by atoms with E-state index >= 15 is 0 Å². The summed E-state index contributed by atoms with van der Waals surface area (Å²) in [6, 6.07) is 16.3. The van der Waals surface area contributed by atoms with E-state index in [1.54, 1.807) is 66.9 Å². The minimum Gasteiger partial charge on any atom is -0.497 e. The molecule has 3 amide bonds. The van der Waals surface area contributed by atoms with E-state index in [9.17, 15) is 14.4 Å². The second kappa shape index (κ2) is 15.2. The van der Waals surface area contributed by atoms with Crippen LogP contribution in [0.5, 0.6) is 11.5 Å². The van der Waals surface area contributed by atoms with Crippen LogP contribution in [-0.4, -0.2) is 43.0 Å². The fourth-order valence-electron chi connectivity index (χ4n) is 5.15. The summed E-state index contributed by atoms with van der Waals surface area (Å²) in [6.07, 6.45) is 6.98. The number of anilines is 2. The number of aromatic nitrogens is 1. The Morgan fingerprint density at radius 1 is 0.976 bits per heavy atom. The largest absolute Gasteiger partial charge is 0.497 e. The summed E-state index contributed by atoms with van der Waals surface area (Å²) in [4.78, 5) is 46.3. The molecule has 222 valence electrons. The molecule has 1 aliphatic carbocycles. The number of hydrogen-bond acceptors (Lipinski definition) is 6. The molecular weight excluding hydrogens is 556 g/mol. The monoisotopic (exact) mass is 592 g/mol. The fourth-order valence-corrected chi connectivity index (χ4v) is 5.28. The zero-order valence-corrected chi connectivity index (χ0v) is 24.7. The Kier molecular flexibility index (Phi) is 11.2. The van der Waals surface area contributed by atoms with E-state index < -0.39 is 6.04 Å². The van der Waals surface area contributed by atoms with Crippen LogP contribution >= 0.6 is 11.6 Å². The van der Waals surface area contributed by atoms with Crippen molar-refractivity contribution in [2.75, 3.05) is 24.4 Å². The third-order valence-corrected chi connectivity index (χ3v) is 7.54. The fraction of sp³-hybridized carbons (Fsp3) is 0.375. The van der Waals surface area contributed by atoms with Gasteiger partial charge in [0, 0.05) is 36.2 Å². The van der Waals surface area contributed by atoms with Crippen molar-refractivity contribution in [3.63, 3.8) is 0 Å². The van der Waals surface area contributed by atoms with Crippen molar-refractivity contribution in [3.05, 3.63) is 77.4 Å². The van der Waals surface area contributed by atoms with E-state index in [0.717, 1.165) is 32.1 Å². The molecule has 42 heavy (non-hydrogen) atoms. The van der Waals surface area contributed by atoms with E-state index in [1.807, 2.05) is 0 Å². The summed E-state index contributed by atoms with van der Waals surface area (Å²) < 4.78 is 11.1. The van der Waals surface area contributed by atoms with E-state index in [4.69, 9.17) is 21.1 Å². The van der Waals surface area contributed by atoms with Gasteiger partial charge in [0.25, 0.3) is 0 Å². The van der Waals surface area contributed by atoms with Crippen LogP contribution < -0.4 is 25.0 Å².